The van der Waals surface area contributed by atoms with Crippen molar-refractivity contribution < 1.29 is 13.6 Å². The minimum absolute atomic E-state index is 0.0532. The number of anilines is 1. The van der Waals surface area contributed by atoms with E-state index in [2.05, 4.69) is 28.4 Å². The maximum atomic E-state index is 12.2. The summed E-state index contributed by atoms with van der Waals surface area (Å²) in [5.41, 5.74) is 2.53. The van der Waals surface area contributed by atoms with E-state index in [1.807, 2.05) is 18.2 Å². The van der Waals surface area contributed by atoms with E-state index >= 15 is 0 Å². The molecule has 1 amide bonds. The first-order valence-corrected chi connectivity index (χ1v) is 8.02. The molecule has 0 aliphatic carbocycles. The van der Waals surface area contributed by atoms with Crippen LogP contribution in [-0.2, 0) is 6.42 Å². The number of para-hydroxylation sites is 1. The lowest BCUT2D eigenvalue weighted by molar-refractivity contribution is 0.0922. The standard InChI is InChI=1S/C19H18N2O3/c22-19(18-8-4-12-24-18)20-13-16(17-7-3-11-23-17)21-10-9-14-5-1-2-6-15(14)21/h1-8,11-12,16H,9-10,13H2,(H,20,22). The average molecular weight is 322 g/mol. The van der Waals surface area contributed by atoms with Crippen LogP contribution in [0.25, 0.3) is 0 Å². The van der Waals surface area contributed by atoms with Gasteiger partial charge in [-0.05, 0) is 42.3 Å². The van der Waals surface area contributed by atoms with Crippen molar-refractivity contribution in [1.29, 1.82) is 0 Å². The SMILES string of the molecule is O=C(NCC(c1ccco1)N1CCc2ccccc21)c1ccco1. The number of carbonyl (C=O) groups is 1. The minimum atomic E-state index is -0.218. The Balaban J connectivity index is 1.56. The van der Waals surface area contributed by atoms with Crippen molar-refractivity contribution in [2.24, 2.45) is 0 Å². The van der Waals surface area contributed by atoms with Crippen LogP contribution in [0, 0.1) is 0 Å². The first kappa shape index (κ1) is 14.6. The van der Waals surface area contributed by atoms with Crippen molar-refractivity contribution in [2.75, 3.05) is 18.0 Å². The zero-order valence-electron chi connectivity index (χ0n) is 13.1. The van der Waals surface area contributed by atoms with Gasteiger partial charge in [-0.25, -0.2) is 0 Å². The summed E-state index contributed by atoms with van der Waals surface area (Å²) in [5.74, 6) is 0.936. The lowest BCUT2D eigenvalue weighted by Crippen LogP contribution is -2.37. The molecule has 3 heterocycles. The van der Waals surface area contributed by atoms with Crippen molar-refractivity contribution in [3.63, 3.8) is 0 Å². The van der Waals surface area contributed by atoms with Crippen LogP contribution in [-0.4, -0.2) is 19.0 Å². The molecule has 1 aliphatic rings. The van der Waals surface area contributed by atoms with Gasteiger partial charge >= 0.3 is 0 Å². The maximum Gasteiger partial charge on any atom is 0.287 e. The second-order valence-corrected chi connectivity index (χ2v) is 5.79. The van der Waals surface area contributed by atoms with Gasteiger partial charge in [0.25, 0.3) is 5.91 Å². The number of nitrogens with zero attached hydrogens (tertiary/aromatic N) is 1. The number of amides is 1. The Morgan fingerprint density at radius 1 is 1.08 bits per heavy atom. The molecule has 1 N–H and O–H groups in total. The smallest absolute Gasteiger partial charge is 0.287 e. The first-order valence-electron chi connectivity index (χ1n) is 8.02. The normalized spacial score (nSPS) is 14.4. The molecule has 1 aliphatic heterocycles. The van der Waals surface area contributed by atoms with E-state index in [4.69, 9.17) is 8.83 Å². The highest BCUT2D eigenvalue weighted by Crippen LogP contribution is 2.34. The van der Waals surface area contributed by atoms with Gasteiger partial charge in [0.15, 0.2) is 5.76 Å². The van der Waals surface area contributed by atoms with Crippen LogP contribution in [0.3, 0.4) is 0 Å². The quantitative estimate of drug-likeness (QED) is 0.782. The molecule has 0 radical (unpaired) electrons. The van der Waals surface area contributed by atoms with Gasteiger partial charge in [-0.1, -0.05) is 18.2 Å². The van der Waals surface area contributed by atoms with E-state index in [0.29, 0.717) is 12.3 Å². The zero-order valence-corrected chi connectivity index (χ0v) is 13.1. The zero-order chi connectivity index (χ0) is 16.4. The summed E-state index contributed by atoms with van der Waals surface area (Å²) in [6.07, 6.45) is 4.16. The Labute approximate surface area is 139 Å². The van der Waals surface area contributed by atoms with Crippen LogP contribution in [0.2, 0.25) is 0 Å². The fourth-order valence-electron chi connectivity index (χ4n) is 3.22. The number of hydrogen-bond acceptors (Lipinski definition) is 4. The number of fused-ring (bicyclic) bond motifs is 1. The van der Waals surface area contributed by atoms with Gasteiger partial charge < -0.3 is 19.1 Å². The van der Waals surface area contributed by atoms with Crippen LogP contribution in [0.1, 0.15) is 27.9 Å². The molecule has 4 rings (SSSR count). The topological polar surface area (TPSA) is 58.6 Å². The Kier molecular flexibility index (Phi) is 3.83. The summed E-state index contributed by atoms with van der Waals surface area (Å²) in [6.45, 7) is 1.35. The van der Waals surface area contributed by atoms with E-state index in [9.17, 15) is 4.79 Å². The Morgan fingerprint density at radius 2 is 1.92 bits per heavy atom. The molecule has 0 saturated carbocycles. The van der Waals surface area contributed by atoms with Gasteiger partial charge in [0.2, 0.25) is 0 Å². The molecule has 1 aromatic carbocycles. The highest BCUT2D eigenvalue weighted by atomic mass is 16.3. The van der Waals surface area contributed by atoms with E-state index in [0.717, 1.165) is 18.7 Å². The van der Waals surface area contributed by atoms with E-state index in [1.165, 1.54) is 17.5 Å². The number of nitrogens with one attached hydrogen (secondary N) is 1. The molecule has 24 heavy (non-hydrogen) atoms. The van der Waals surface area contributed by atoms with Crippen molar-refractivity contribution >= 4 is 11.6 Å². The summed E-state index contributed by atoms with van der Waals surface area (Å²) in [5, 5.41) is 2.95. The van der Waals surface area contributed by atoms with Crippen LogP contribution < -0.4 is 10.2 Å². The van der Waals surface area contributed by atoms with Crippen LogP contribution in [0.5, 0.6) is 0 Å². The number of furan rings is 2. The molecule has 0 fully saturated rings. The molecule has 5 nitrogen and oxygen atoms in total. The Morgan fingerprint density at radius 3 is 2.71 bits per heavy atom. The molecule has 1 unspecified atom stereocenters. The maximum absolute atomic E-state index is 12.2. The minimum Gasteiger partial charge on any atom is -0.467 e. The highest BCUT2D eigenvalue weighted by molar-refractivity contribution is 5.91. The average Bonchev–Trinajstić information content (AvgIpc) is 3.37. The van der Waals surface area contributed by atoms with E-state index in [-0.39, 0.29) is 11.9 Å². The monoisotopic (exact) mass is 322 g/mol. The highest BCUT2D eigenvalue weighted by Gasteiger charge is 2.29. The van der Waals surface area contributed by atoms with Gasteiger partial charge in [-0.3, -0.25) is 4.79 Å². The number of carbonyl (C=O) groups excluding carboxylic acids is 1. The Hall–Kier alpha value is -2.95. The second-order valence-electron chi connectivity index (χ2n) is 5.79. The molecule has 2 aromatic heterocycles. The molecule has 0 spiro atoms. The van der Waals surface area contributed by atoms with Crippen molar-refractivity contribution in [1.82, 2.24) is 5.32 Å². The summed E-state index contributed by atoms with van der Waals surface area (Å²) in [7, 11) is 0. The third kappa shape index (κ3) is 2.69. The molecule has 122 valence electrons. The van der Waals surface area contributed by atoms with Gasteiger partial charge in [0, 0.05) is 18.8 Å². The van der Waals surface area contributed by atoms with Crippen LogP contribution in [0.4, 0.5) is 5.69 Å². The van der Waals surface area contributed by atoms with Gasteiger partial charge in [0.1, 0.15) is 11.8 Å². The third-order valence-electron chi connectivity index (χ3n) is 4.37. The molecule has 0 bridgehead atoms. The molecular formula is C19H18N2O3. The van der Waals surface area contributed by atoms with Crippen molar-refractivity contribution in [3.8, 4) is 0 Å². The summed E-state index contributed by atoms with van der Waals surface area (Å²) in [4.78, 5) is 14.5. The van der Waals surface area contributed by atoms with E-state index in [1.54, 1.807) is 18.4 Å². The summed E-state index contributed by atoms with van der Waals surface area (Å²) < 4.78 is 10.8. The summed E-state index contributed by atoms with van der Waals surface area (Å²) >= 11 is 0. The lowest BCUT2D eigenvalue weighted by Gasteiger charge is -2.29. The largest absolute Gasteiger partial charge is 0.467 e. The fourth-order valence-corrected chi connectivity index (χ4v) is 3.22. The second kappa shape index (κ2) is 6.28. The molecule has 1 atom stereocenters. The number of benzene rings is 1. The van der Waals surface area contributed by atoms with Crippen LogP contribution >= 0.6 is 0 Å². The van der Waals surface area contributed by atoms with E-state index < -0.39 is 0 Å². The Bertz CT molecular complexity index is 809. The lowest BCUT2D eigenvalue weighted by atomic mass is 10.1. The third-order valence-corrected chi connectivity index (χ3v) is 4.37. The predicted molar refractivity (Wildman–Crippen MR) is 90.0 cm³/mol. The van der Waals surface area contributed by atoms with Gasteiger partial charge in [0.05, 0.1) is 12.5 Å². The molecule has 3 aromatic rings. The fraction of sp³-hybridized carbons (Fsp3) is 0.211. The van der Waals surface area contributed by atoms with Crippen molar-refractivity contribution in [3.05, 3.63) is 78.1 Å². The van der Waals surface area contributed by atoms with Gasteiger partial charge in [-0.15, -0.1) is 0 Å². The van der Waals surface area contributed by atoms with Crippen LogP contribution in [0.15, 0.2) is 69.9 Å². The molecule has 0 saturated heterocycles. The van der Waals surface area contributed by atoms with Crippen molar-refractivity contribution in [2.45, 2.75) is 12.5 Å². The number of hydrogen-bond donors (Lipinski definition) is 1. The first-order chi connectivity index (χ1) is 11.8. The predicted octanol–water partition coefficient (Wildman–Crippen LogP) is 3.41. The molecule has 5 heteroatoms. The molecular weight excluding hydrogens is 304 g/mol. The van der Waals surface area contributed by atoms with Gasteiger partial charge in [-0.2, -0.15) is 0 Å². The number of rotatable bonds is 5. The summed E-state index contributed by atoms with van der Waals surface area (Å²) in [6, 6.07) is 15.5.